The summed E-state index contributed by atoms with van der Waals surface area (Å²) in [6.45, 7) is -0.0516. The van der Waals surface area contributed by atoms with Gasteiger partial charge in [-0.1, -0.05) is 38.2 Å². The van der Waals surface area contributed by atoms with Crippen LogP contribution >= 0.6 is 0 Å². The lowest BCUT2D eigenvalue weighted by Gasteiger charge is -2.22. The van der Waals surface area contributed by atoms with E-state index in [0.29, 0.717) is 5.56 Å². The number of methoxy groups -OCH3 is 1. The molecule has 1 aliphatic carbocycles. The SMILES string of the molecule is COc1ccc(CN2C(=O)c3cccnc3C2=O)cc1S(=O)(=O)NC1CCCCCCC1. The summed E-state index contributed by atoms with van der Waals surface area (Å²) in [6, 6.07) is 7.73. The number of benzene rings is 1. The van der Waals surface area contributed by atoms with Crippen LogP contribution in [0.1, 0.15) is 71.4 Å². The molecular weight excluding hydrogens is 430 g/mol. The Bertz CT molecular complexity index is 1090. The van der Waals surface area contributed by atoms with Crippen LogP contribution in [0.3, 0.4) is 0 Å². The average molecular weight is 458 g/mol. The van der Waals surface area contributed by atoms with Crippen LogP contribution in [0.4, 0.5) is 0 Å². The Hall–Kier alpha value is -2.78. The maximum absolute atomic E-state index is 13.2. The third-order valence-corrected chi connectivity index (χ3v) is 7.56. The Morgan fingerprint density at radius 3 is 2.47 bits per heavy atom. The van der Waals surface area contributed by atoms with Crippen molar-refractivity contribution in [1.29, 1.82) is 0 Å². The number of fused-ring (bicyclic) bond motifs is 1. The van der Waals surface area contributed by atoms with Crippen LogP contribution in [-0.2, 0) is 16.6 Å². The molecule has 0 atom stereocenters. The van der Waals surface area contributed by atoms with Gasteiger partial charge in [-0.3, -0.25) is 19.5 Å². The van der Waals surface area contributed by atoms with Crippen LogP contribution in [-0.4, -0.2) is 43.3 Å². The number of hydrogen-bond acceptors (Lipinski definition) is 6. The summed E-state index contributed by atoms with van der Waals surface area (Å²) in [6.07, 6.45) is 8.51. The van der Waals surface area contributed by atoms with Crippen molar-refractivity contribution in [3.05, 3.63) is 53.3 Å². The van der Waals surface area contributed by atoms with Crippen molar-refractivity contribution in [2.45, 2.75) is 62.4 Å². The van der Waals surface area contributed by atoms with Gasteiger partial charge in [-0.15, -0.1) is 0 Å². The molecule has 170 valence electrons. The van der Waals surface area contributed by atoms with Crippen LogP contribution in [0.25, 0.3) is 0 Å². The van der Waals surface area contributed by atoms with Gasteiger partial charge in [0.1, 0.15) is 16.3 Å². The monoisotopic (exact) mass is 457 g/mol. The molecule has 32 heavy (non-hydrogen) atoms. The van der Waals surface area contributed by atoms with Crippen molar-refractivity contribution in [1.82, 2.24) is 14.6 Å². The summed E-state index contributed by atoms with van der Waals surface area (Å²) in [5, 5.41) is 0. The Kier molecular flexibility index (Phi) is 6.57. The van der Waals surface area contributed by atoms with Gasteiger partial charge >= 0.3 is 0 Å². The first-order valence-electron chi connectivity index (χ1n) is 10.9. The normalized spacial score (nSPS) is 17.7. The second kappa shape index (κ2) is 9.38. The fourth-order valence-corrected chi connectivity index (χ4v) is 5.85. The smallest absolute Gasteiger partial charge is 0.280 e. The van der Waals surface area contributed by atoms with E-state index in [1.807, 2.05) is 0 Å². The van der Waals surface area contributed by atoms with Crippen molar-refractivity contribution < 1.29 is 22.7 Å². The summed E-state index contributed by atoms with van der Waals surface area (Å²) in [4.78, 5) is 30.4. The van der Waals surface area contributed by atoms with Gasteiger partial charge in [0.2, 0.25) is 10.0 Å². The van der Waals surface area contributed by atoms with Crippen LogP contribution in [0, 0.1) is 0 Å². The molecule has 1 N–H and O–H groups in total. The highest BCUT2D eigenvalue weighted by Crippen LogP contribution is 2.29. The third-order valence-electron chi connectivity index (χ3n) is 6.02. The van der Waals surface area contributed by atoms with Crippen molar-refractivity contribution in [2.24, 2.45) is 0 Å². The van der Waals surface area contributed by atoms with Gasteiger partial charge in [0.05, 0.1) is 19.2 Å². The minimum absolute atomic E-state index is 0.00861. The number of amides is 2. The number of hydrogen-bond donors (Lipinski definition) is 1. The third kappa shape index (κ3) is 4.54. The molecule has 1 aliphatic heterocycles. The van der Waals surface area contributed by atoms with E-state index in [4.69, 9.17) is 4.74 Å². The van der Waals surface area contributed by atoms with Crippen LogP contribution < -0.4 is 9.46 Å². The summed E-state index contributed by atoms with van der Waals surface area (Å²) in [5.74, 6) is -0.708. The highest BCUT2D eigenvalue weighted by Gasteiger charge is 2.36. The Morgan fingerprint density at radius 2 is 1.78 bits per heavy atom. The molecule has 1 fully saturated rings. The van der Waals surface area contributed by atoms with E-state index < -0.39 is 21.8 Å². The highest BCUT2D eigenvalue weighted by molar-refractivity contribution is 7.89. The van der Waals surface area contributed by atoms with E-state index >= 15 is 0 Å². The zero-order valence-corrected chi connectivity index (χ0v) is 18.9. The number of carbonyl (C=O) groups excluding carboxylic acids is 2. The van der Waals surface area contributed by atoms with Gasteiger partial charge in [0, 0.05) is 12.2 Å². The lowest BCUT2D eigenvalue weighted by Crippen LogP contribution is -2.35. The molecule has 2 amide bonds. The zero-order valence-electron chi connectivity index (χ0n) is 18.0. The number of sulfonamides is 1. The largest absolute Gasteiger partial charge is 0.495 e. The van der Waals surface area contributed by atoms with Gasteiger partial charge in [-0.05, 0) is 42.7 Å². The first kappa shape index (κ1) is 22.4. The van der Waals surface area contributed by atoms with Gasteiger partial charge < -0.3 is 4.74 Å². The number of imide groups is 1. The molecule has 1 aromatic heterocycles. The van der Waals surface area contributed by atoms with Crippen molar-refractivity contribution in [3.8, 4) is 5.75 Å². The predicted octanol–water partition coefficient (Wildman–Crippen LogP) is 3.28. The second-order valence-corrected chi connectivity index (χ2v) is 9.93. The van der Waals surface area contributed by atoms with Crippen LogP contribution in [0.15, 0.2) is 41.4 Å². The first-order valence-corrected chi connectivity index (χ1v) is 12.4. The summed E-state index contributed by atoms with van der Waals surface area (Å²) >= 11 is 0. The number of pyridine rings is 1. The molecule has 4 rings (SSSR count). The quantitative estimate of drug-likeness (QED) is 0.668. The topological polar surface area (TPSA) is 106 Å². The van der Waals surface area contributed by atoms with E-state index in [2.05, 4.69) is 9.71 Å². The van der Waals surface area contributed by atoms with Crippen molar-refractivity contribution in [3.63, 3.8) is 0 Å². The van der Waals surface area contributed by atoms with Crippen LogP contribution in [0.2, 0.25) is 0 Å². The summed E-state index contributed by atoms with van der Waals surface area (Å²) < 4.78 is 34.6. The van der Waals surface area contributed by atoms with Crippen LogP contribution in [0.5, 0.6) is 5.75 Å². The zero-order chi connectivity index (χ0) is 22.7. The molecule has 2 heterocycles. The highest BCUT2D eigenvalue weighted by atomic mass is 32.2. The van der Waals surface area contributed by atoms with Gasteiger partial charge in [-0.2, -0.15) is 0 Å². The number of aromatic nitrogens is 1. The molecular formula is C23H27N3O5S. The molecule has 1 saturated carbocycles. The molecule has 9 heteroatoms. The van der Waals surface area contributed by atoms with E-state index in [1.165, 1.54) is 25.8 Å². The number of rotatable bonds is 6. The number of carbonyl (C=O) groups is 2. The number of nitrogens with zero attached hydrogens (tertiary/aromatic N) is 2. The van der Waals surface area contributed by atoms with E-state index in [9.17, 15) is 18.0 Å². The maximum atomic E-state index is 13.2. The molecule has 1 aromatic carbocycles. The average Bonchev–Trinajstić information content (AvgIpc) is 3.00. The Labute approximate surface area is 188 Å². The summed E-state index contributed by atoms with van der Waals surface area (Å²) in [5.41, 5.74) is 0.882. The van der Waals surface area contributed by atoms with E-state index in [1.54, 1.807) is 24.3 Å². The molecule has 0 unspecified atom stereocenters. The van der Waals surface area contributed by atoms with Crippen molar-refractivity contribution >= 4 is 21.8 Å². The van der Waals surface area contributed by atoms with Crippen molar-refractivity contribution in [2.75, 3.05) is 7.11 Å². The molecule has 0 radical (unpaired) electrons. The summed E-state index contributed by atoms with van der Waals surface area (Å²) in [7, 11) is -2.43. The fraction of sp³-hybridized carbons (Fsp3) is 0.435. The molecule has 2 aromatic rings. The fourth-order valence-electron chi connectivity index (χ4n) is 4.33. The Morgan fingerprint density at radius 1 is 1.06 bits per heavy atom. The number of ether oxygens (including phenoxy) is 1. The molecule has 0 spiro atoms. The number of nitrogens with one attached hydrogen (secondary N) is 1. The minimum atomic E-state index is -3.84. The molecule has 8 nitrogen and oxygen atoms in total. The van der Waals surface area contributed by atoms with Gasteiger partial charge in [0.15, 0.2) is 0 Å². The van der Waals surface area contributed by atoms with E-state index in [-0.39, 0.29) is 34.5 Å². The lowest BCUT2D eigenvalue weighted by atomic mass is 9.97. The molecule has 0 bridgehead atoms. The standard InChI is InChI=1S/C23H27N3O5S/c1-31-19-12-11-16(15-26-22(27)18-10-7-13-24-21(18)23(26)28)14-20(19)32(29,30)25-17-8-5-3-2-4-6-9-17/h7,10-14,17,25H,2-6,8-9,15H2,1H3. The molecule has 0 saturated heterocycles. The lowest BCUT2D eigenvalue weighted by molar-refractivity contribution is 0.0640. The minimum Gasteiger partial charge on any atom is -0.495 e. The molecule has 2 aliphatic rings. The first-order chi connectivity index (χ1) is 15.4. The maximum Gasteiger partial charge on any atom is 0.280 e. The van der Waals surface area contributed by atoms with E-state index in [0.717, 1.165) is 43.4 Å². The van der Waals surface area contributed by atoms with Gasteiger partial charge in [0.25, 0.3) is 11.8 Å². The Balaban J connectivity index is 1.57. The van der Waals surface area contributed by atoms with Gasteiger partial charge in [-0.25, -0.2) is 13.1 Å². The predicted molar refractivity (Wildman–Crippen MR) is 118 cm³/mol. The second-order valence-electron chi connectivity index (χ2n) is 8.24.